The van der Waals surface area contributed by atoms with Crippen LogP contribution in [0, 0.1) is 17.5 Å². The first-order chi connectivity index (χ1) is 18.6. The summed E-state index contributed by atoms with van der Waals surface area (Å²) in [5.41, 5.74) is -0.0988. The molecule has 40 heavy (non-hydrogen) atoms. The van der Waals surface area contributed by atoms with Crippen molar-refractivity contribution in [1.29, 1.82) is 0 Å². The molecule has 1 N–H and O–H groups in total. The zero-order valence-electron chi connectivity index (χ0n) is 20.9. The van der Waals surface area contributed by atoms with Crippen molar-refractivity contribution in [2.24, 2.45) is 9.98 Å². The van der Waals surface area contributed by atoms with Crippen LogP contribution in [0.3, 0.4) is 0 Å². The maximum absolute atomic E-state index is 14.6. The van der Waals surface area contributed by atoms with Crippen molar-refractivity contribution in [2.75, 3.05) is 0 Å². The smallest absolute Gasteiger partial charge is 0.351 e. The van der Waals surface area contributed by atoms with E-state index in [0.717, 1.165) is 24.5 Å². The Labute approximate surface area is 224 Å². The average molecular weight is 594 g/mol. The number of carbonyl (C=O) groups excluding carboxylic acids is 1. The minimum atomic E-state index is -4.85. The number of nitrogens with one attached hydrogen (secondary N) is 1. The van der Waals surface area contributed by atoms with Crippen LogP contribution in [0.25, 0.3) is 5.57 Å². The fourth-order valence-electron chi connectivity index (χ4n) is 3.88. The summed E-state index contributed by atoms with van der Waals surface area (Å²) in [5.74, 6) is -6.18. The summed E-state index contributed by atoms with van der Waals surface area (Å²) in [6.07, 6.45) is -5.64. The molecule has 0 spiro atoms. The maximum Gasteiger partial charge on any atom is 0.451 e. The van der Waals surface area contributed by atoms with Crippen molar-refractivity contribution in [3.05, 3.63) is 65.4 Å². The average Bonchev–Trinajstić information content (AvgIpc) is 3.19. The summed E-state index contributed by atoms with van der Waals surface area (Å²) in [4.78, 5) is 22.0. The van der Waals surface area contributed by atoms with Gasteiger partial charge in [-0.25, -0.2) is 36.0 Å². The van der Waals surface area contributed by atoms with Crippen molar-refractivity contribution < 1.29 is 43.9 Å². The lowest BCUT2D eigenvalue weighted by Crippen LogP contribution is -2.48. The number of pyridine rings is 1. The van der Waals surface area contributed by atoms with Crippen LogP contribution in [0.4, 0.5) is 30.7 Å². The Morgan fingerprint density at radius 3 is 2.48 bits per heavy atom. The Hall–Kier alpha value is -3.66. The van der Waals surface area contributed by atoms with Gasteiger partial charge in [0.05, 0.1) is 22.8 Å². The molecule has 1 saturated heterocycles. The third kappa shape index (κ3) is 6.55. The van der Waals surface area contributed by atoms with Crippen LogP contribution in [0.5, 0.6) is 0 Å². The van der Waals surface area contributed by atoms with Gasteiger partial charge in [0, 0.05) is 24.7 Å². The number of aliphatic imine (C=N–C) groups is 2. The van der Waals surface area contributed by atoms with E-state index in [0.29, 0.717) is 16.4 Å². The number of benzene rings is 1. The van der Waals surface area contributed by atoms with Crippen molar-refractivity contribution in [1.82, 2.24) is 14.6 Å². The van der Waals surface area contributed by atoms with Gasteiger partial charge in [0.25, 0.3) is 0 Å². The lowest BCUT2D eigenvalue weighted by atomic mass is 10.1. The molecule has 0 unspecified atom stereocenters. The first kappa shape index (κ1) is 30.9. The maximum atomic E-state index is 14.6. The molecule has 8 nitrogen and oxygen atoms in total. The Morgan fingerprint density at radius 2 is 1.88 bits per heavy atom. The molecule has 1 amide bonds. The van der Waals surface area contributed by atoms with E-state index in [1.54, 1.807) is 0 Å². The molecule has 0 aliphatic carbocycles. The number of amidine groups is 1. The second-order valence-electron chi connectivity index (χ2n) is 8.72. The largest absolute Gasteiger partial charge is 0.451 e. The van der Waals surface area contributed by atoms with Crippen molar-refractivity contribution >= 4 is 34.1 Å². The molecule has 216 valence electrons. The van der Waals surface area contributed by atoms with E-state index >= 15 is 0 Å². The molecular weight excluding hydrogens is 571 g/mol. The Kier molecular flexibility index (Phi) is 9.14. The van der Waals surface area contributed by atoms with Crippen molar-refractivity contribution in [3.63, 3.8) is 0 Å². The molecule has 1 aromatic heterocycles. The molecular formula is C24H22F7N5O3S. The topological polar surface area (TPSA) is 104 Å². The summed E-state index contributed by atoms with van der Waals surface area (Å²) in [6.45, 7) is 4.81. The number of sulfonamides is 1. The fraction of sp³-hybridized carbons (Fsp3) is 0.333. The third-order valence-electron chi connectivity index (χ3n) is 6.03. The summed E-state index contributed by atoms with van der Waals surface area (Å²) in [7, 11) is -4.66. The van der Waals surface area contributed by atoms with E-state index in [-0.39, 0.29) is 16.8 Å². The van der Waals surface area contributed by atoms with Crippen LogP contribution in [0.2, 0.25) is 0 Å². The lowest BCUT2D eigenvalue weighted by Gasteiger charge is -2.27. The monoisotopic (exact) mass is 593 g/mol. The molecule has 3 rings (SSSR count). The Bertz CT molecular complexity index is 1480. The zero-order chi connectivity index (χ0) is 30.0. The highest BCUT2D eigenvalue weighted by Crippen LogP contribution is 2.33. The van der Waals surface area contributed by atoms with E-state index in [1.165, 1.54) is 13.8 Å². The molecule has 1 aromatic carbocycles. The quantitative estimate of drug-likeness (QED) is 0.293. The van der Waals surface area contributed by atoms with Gasteiger partial charge < -0.3 is 5.32 Å². The number of hydrogen-bond acceptors (Lipinski definition) is 5. The summed E-state index contributed by atoms with van der Waals surface area (Å²) in [5, 5.41) is 2.31. The third-order valence-corrected chi connectivity index (χ3v) is 8.02. The van der Waals surface area contributed by atoms with Gasteiger partial charge in [-0.3, -0.25) is 9.78 Å². The number of allylic oxidation sites excluding steroid dienone is 1. The van der Waals surface area contributed by atoms with Crippen molar-refractivity contribution in [3.8, 4) is 0 Å². The molecule has 16 heteroatoms. The van der Waals surface area contributed by atoms with Crippen LogP contribution >= 0.6 is 0 Å². The number of nitrogens with zero attached hydrogens (tertiary/aromatic N) is 4. The number of halogens is 7. The van der Waals surface area contributed by atoms with Crippen LogP contribution in [0.15, 0.2) is 51.5 Å². The molecule has 3 atom stereocenters. The number of amides is 1. The highest BCUT2D eigenvalue weighted by Gasteiger charge is 2.49. The van der Waals surface area contributed by atoms with Gasteiger partial charge in [-0.1, -0.05) is 0 Å². The van der Waals surface area contributed by atoms with Gasteiger partial charge in [0.2, 0.25) is 21.8 Å². The van der Waals surface area contributed by atoms with E-state index in [4.69, 9.17) is 0 Å². The van der Waals surface area contributed by atoms with E-state index in [1.807, 2.05) is 0 Å². The van der Waals surface area contributed by atoms with Gasteiger partial charge in [-0.05, 0) is 50.4 Å². The number of alkyl halides is 4. The molecule has 0 saturated carbocycles. The highest BCUT2D eigenvalue weighted by atomic mass is 32.2. The standard InChI is InChI=1S/C24H22F7N5O3S/c1-12(9-35-23(32-3)24(29,30)31)20-6-14(19(28)11-33-20)10-34-22(37)21-8-17(26)13(2)36(21)40(38,39)15-4-5-16(25)18(27)7-15/h4-7,9,11,13,17,21H,3,8,10H2,1-2H3,(H,34,37)/b12-9+,35-23?/t13-,17+,21-/m0/s1. The van der Waals surface area contributed by atoms with Gasteiger partial charge >= 0.3 is 6.18 Å². The SMILES string of the molecule is C=NC(=N/C=C(\C)c1cc(CNC(=O)[C@@H]2C[C@@H](F)[C@H](C)N2S(=O)(=O)c2ccc(F)c(F)c2)c(F)cn1)C(F)(F)F. The normalized spacial score (nSPS) is 21.0. The number of carbonyl (C=O) groups is 1. The first-order valence-electron chi connectivity index (χ1n) is 11.4. The summed E-state index contributed by atoms with van der Waals surface area (Å²) in [6, 6.07) is -0.0505. The minimum absolute atomic E-state index is 0.000775. The van der Waals surface area contributed by atoms with Gasteiger partial charge in [0.1, 0.15) is 18.0 Å². The highest BCUT2D eigenvalue weighted by molar-refractivity contribution is 7.89. The molecule has 1 aliphatic rings. The van der Waals surface area contributed by atoms with Crippen LogP contribution in [-0.2, 0) is 21.4 Å². The Morgan fingerprint density at radius 1 is 1.20 bits per heavy atom. The predicted molar refractivity (Wildman–Crippen MR) is 131 cm³/mol. The van der Waals surface area contributed by atoms with Gasteiger partial charge in [-0.2, -0.15) is 17.5 Å². The van der Waals surface area contributed by atoms with Crippen LogP contribution in [0.1, 0.15) is 31.5 Å². The summed E-state index contributed by atoms with van der Waals surface area (Å²) < 4.78 is 121. The van der Waals surface area contributed by atoms with Crippen LogP contribution in [-0.4, -0.2) is 60.6 Å². The van der Waals surface area contributed by atoms with Gasteiger partial charge in [0.15, 0.2) is 11.6 Å². The molecule has 1 fully saturated rings. The second kappa shape index (κ2) is 11.8. The predicted octanol–water partition coefficient (Wildman–Crippen LogP) is 4.33. The molecule has 0 radical (unpaired) electrons. The van der Waals surface area contributed by atoms with Gasteiger partial charge in [-0.15, -0.1) is 0 Å². The lowest BCUT2D eigenvalue weighted by molar-refractivity contribution is -0.124. The molecule has 2 heterocycles. The fourth-order valence-corrected chi connectivity index (χ4v) is 5.71. The van der Waals surface area contributed by atoms with Crippen molar-refractivity contribution in [2.45, 2.75) is 56.1 Å². The zero-order valence-corrected chi connectivity index (χ0v) is 21.7. The molecule has 1 aliphatic heterocycles. The molecule has 2 aromatic rings. The Balaban J connectivity index is 1.83. The number of aromatic nitrogens is 1. The summed E-state index contributed by atoms with van der Waals surface area (Å²) >= 11 is 0. The first-order valence-corrected chi connectivity index (χ1v) is 12.9. The minimum Gasteiger partial charge on any atom is -0.351 e. The number of rotatable bonds is 7. The molecule has 0 bridgehead atoms. The second-order valence-corrected chi connectivity index (χ2v) is 10.6. The van der Waals surface area contributed by atoms with E-state index in [2.05, 4.69) is 27.0 Å². The number of hydrogen-bond donors (Lipinski definition) is 1. The van der Waals surface area contributed by atoms with E-state index in [9.17, 15) is 43.9 Å². The van der Waals surface area contributed by atoms with Crippen LogP contribution < -0.4 is 5.32 Å². The van der Waals surface area contributed by atoms with E-state index < -0.39 is 81.5 Å².